The van der Waals surface area contributed by atoms with E-state index >= 15 is 0 Å². The van der Waals surface area contributed by atoms with Crippen molar-refractivity contribution in [1.82, 2.24) is 20.6 Å². The molecule has 11 heteroatoms. The molecule has 0 atom stereocenters. The summed E-state index contributed by atoms with van der Waals surface area (Å²) in [5.41, 5.74) is 10.7. The van der Waals surface area contributed by atoms with Gasteiger partial charge in [0.1, 0.15) is 6.67 Å². The van der Waals surface area contributed by atoms with E-state index in [0.29, 0.717) is 0 Å². The van der Waals surface area contributed by atoms with Crippen LogP contribution in [0.25, 0.3) is 0 Å². The van der Waals surface area contributed by atoms with Gasteiger partial charge in [-0.25, -0.2) is 15.0 Å². The molecule has 19 heavy (non-hydrogen) atoms. The Labute approximate surface area is 111 Å². The highest BCUT2D eigenvalue weighted by Crippen LogP contribution is 2.17. The largest absolute Gasteiger partial charge is 0.479 e. The van der Waals surface area contributed by atoms with Crippen LogP contribution < -0.4 is 22.1 Å². The van der Waals surface area contributed by atoms with Crippen LogP contribution in [0, 0.1) is 0 Å². The van der Waals surface area contributed by atoms with Crippen LogP contribution in [0.15, 0.2) is 9.98 Å². The number of aliphatic hydroxyl groups is 1. The third-order valence-corrected chi connectivity index (χ3v) is 2.31. The highest BCUT2D eigenvalue weighted by Gasteiger charge is 2.18. The van der Waals surface area contributed by atoms with Gasteiger partial charge in [0.05, 0.1) is 0 Å². The van der Waals surface area contributed by atoms with Crippen LogP contribution >= 0.6 is 11.6 Å². The van der Waals surface area contributed by atoms with Crippen LogP contribution in [0.5, 0.6) is 0 Å². The second-order valence-corrected chi connectivity index (χ2v) is 3.70. The molecule has 0 saturated carbocycles. The number of nitrogen functional groups attached to an aromatic ring is 2. The number of amidine groups is 1. The summed E-state index contributed by atoms with van der Waals surface area (Å²) in [5, 5.41) is 13.9. The highest BCUT2D eigenvalue weighted by atomic mass is 35.5. The Hall–Kier alpha value is -2.62. The average Bonchev–Trinajstić information content (AvgIpc) is 2.33. The van der Waals surface area contributed by atoms with Gasteiger partial charge in [-0.1, -0.05) is 11.6 Å². The Balaban J connectivity index is 2.21. The summed E-state index contributed by atoms with van der Waals surface area (Å²) in [7, 11) is 0. The number of carbonyl (C=O) groups excluding carboxylic acids is 1. The van der Waals surface area contributed by atoms with Gasteiger partial charge < -0.3 is 21.9 Å². The summed E-state index contributed by atoms with van der Waals surface area (Å²) >= 11 is 5.66. The monoisotopic (exact) mass is 284 g/mol. The molecule has 2 rings (SSSR count). The smallest absolute Gasteiger partial charge is 0.314 e. The third kappa shape index (κ3) is 2.80. The summed E-state index contributed by atoms with van der Waals surface area (Å²) < 4.78 is 0. The van der Waals surface area contributed by atoms with Gasteiger partial charge in [-0.3, -0.25) is 10.1 Å². The van der Waals surface area contributed by atoms with Gasteiger partial charge >= 0.3 is 6.02 Å². The standard InChI is InChI=1S/C8H9ClN8O2/c9-3-5(11)15-4(10)2(14-3)6(18)16-7-12-1-13-8(19)17-7/h1H2,(H4,10,11,15)(H3,12,13,16,17,18,19). The molecule has 1 amide bonds. The molecule has 0 bridgehead atoms. The van der Waals surface area contributed by atoms with Crippen molar-refractivity contribution in [1.29, 1.82) is 0 Å². The maximum Gasteiger partial charge on any atom is 0.314 e. The Bertz CT molecular complexity index is 599. The van der Waals surface area contributed by atoms with Crippen molar-refractivity contribution in [2.75, 3.05) is 18.1 Å². The Morgan fingerprint density at radius 2 is 2.11 bits per heavy atom. The number of aromatic nitrogens is 2. The van der Waals surface area contributed by atoms with E-state index in [2.05, 4.69) is 30.6 Å². The number of carbonyl (C=O) groups is 1. The molecule has 1 aliphatic rings. The summed E-state index contributed by atoms with van der Waals surface area (Å²) in [6, 6.07) is -0.455. The van der Waals surface area contributed by atoms with Gasteiger partial charge in [0.15, 0.2) is 22.5 Å². The highest BCUT2D eigenvalue weighted by molar-refractivity contribution is 6.31. The van der Waals surface area contributed by atoms with Crippen molar-refractivity contribution in [2.45, 2.75) is 0 Å². The third-order valence-electron chi connectivity index (χ3n) is 2.03. The van der Waals surface area contributed by atoms with E-state index in [-0.39, 0.29) is 35.1 Å². The van der Waals surface area contributed by atoms with Gasteiger partial charge in [-0.05, 0) is 0 Å². The summed E-state index contributed by atoms with van der Waals surface area (Å²) in [4.78, 5) is 26.3. The molecule has 0 radical (unpaired) electrons. The molecule has 7 N–H and O–H groups in total. The number of halogens is 1. The maximum atomic E-state index is 11.9. The molecule has 0 unspecified atom stereocenters. The van der Waals surface area contributed by atoms with Crippen LogP contribution in [-0.4, -0.2) is 39.6 Å². The lowest BCUT2D eigenvalue weighted by molar-refractivity contribution is 0.0971. The Morgan fingerprint density at radius 1 is 1.37 bits per heavy atom. The zero-order valence-electron chi connectivity index (χ0n) is 9.38. The first kappa shape index (κ1) is 12.8. The van der Waals surface area contributed by atoms with Crippen molar-refractivity contribution >= 4 is 41.1 Å². The number of rotatable bonds is 1. The zero-order valence-corrected chi connectivity index (χ0v) is 10.1. The number of hydrogen-bond acceptors (Lipinski definition) is 8. The number of amides is 1. The maximum absolute atomic E-state index is 11.9. The number of nitrogens with one attached hydrogen (secondary N) is 2. The molecule has 0 aliphatic carbocycles. The molecule has 0 fully saturated rings. The zero-order chi connectivity index (χ0) is 14.0. The molecule has 1 aromatic rings. The lowest BCUT2D eigenvalue weighted by Gasteiger charge is -2.12. The molecule has 1 aliphatic heterocycles. The quantitative estimate of drug-likeness (QED) is 0.434. The van der Waals surface area contributed by atoms with Gasteiger partial charge in [0.25, 0.3) is 5.91 Å². The molecular formula is C8H9ClN8O2. The van der Waals surface area contributed by atoms with E-state index in [4.69, 9.17) is 28.2 Å². The van der Waals surface area contributed by atoms with Gasteiger partial charge in [-0.15, -0.1) is 0 Å². The van der Waals surface area contributed by atoms with E-state index in [1.165, 1.54) is 0 Å². The summed E-state index contributed by atoms with van der Waals surface area (Å²) in [6.07, 6.45) is 0. The van der Waals surface area contributed by atoms with Crippen LogP contribution in [-0.2, 0) is 0 Å². The van der Waals surface area contributed by atoms with E-state index < -0.39 is 11.9 Å². The van der Waals surface area contributed by atoms with Crippen molar-refractivity contribution in [2.24, 2.45) is 9.98 Å². The first-order chi connectivity index (χ1) is 8.97. The minimum absolute atomic E-state index is 0.00616. The molecule has 1 aromatic heterocycles. The number of guanidine groups is 1. The van der Waals surface area contributed by atoms with Gasteiger partial charge in [0.2, 0.25) is 5.96 Å². The van der Waals surface area contributed by atoms with E-state index in [1.54, 1.807) is 0 Å². The lowest BCUT2D eigenvalue weighted by atomic mass is 10.4. The van der Waals surface area contributed by atoms with Crippen LogP contribution in [0.2, 0.25) is 5.15 Å². The first-order valence-corrected chi connectivity index (χ1v) is 5.31. The second kappa shape index (κ2) is 4.94. The summed E-state index contributed by atoms with van der Waals surface area (Å²) in [6.45, 7) is 0.0780. The van der Waals surface area contributed by atoms with E-state index in [1.807, 2.05) is 0 Å². The number of aliphatic imine (C=N–C) groups is 2. The van der Waals surface area contributed by atoms with Crippen LogP contribution in [0.4, 0.5) is 11.6 Å². The molecule has 0 saturated heterocycles. The van der Waals surface area contributed by atoms with Gasteiger partial charge in [-0.2, -0.15) is 4.99 Å². The van der Waals surface area contributed by atoms with E-state index in [9.17, 15) is 4.79 Å². The lowest BCUT2D eigenvalue weighted by Crippen LogP contribution is -2.44. The second-order valence-electron chi connectivity index (χ2n) is 3.34. The van der Waals surface area contributed by atoms with Crippen molar-refractivity contribution in [3.8, 4) is 0 Å². The predicted molar refractivity (Wildman–Crippen MR) is 68.8 cm³/mol. The average molecular weight is 285 g/mol. The predicted octanol–water partition coefficient (Wildman–Crippen LogP) is -1.15. The fourth-order valence-electron chi connectivity index (χ4n) is 1.21. The molecule has 0 aromatic carbocycles. The number of nitrogens with two attached hydrogens (primary N) is 2. The number of hydrogen-bond donors (Lipinski definition) is 5. The minimum Gasteiger partial charge on any atom is -0.479 e. The van der Waals surface area contributed by atoms with Crippen molar-refractivity contribution < 1.29 is 9.90 Å². The van der Waals surface area contributed by atoms with Crippen molar-refractivity contribution in [3.63, 3.8) is 0 Å². The number of nitrogens with zero attached hydrogens (tertiary/aromatic N) is 4. The Kier molecular flexibility index (Phi) is 3.33. The molecular weight excluding hydrogens is 276 g/mol. The minimum atomic E-state index is -0.701. The molecule has 0 spiro atoms. The van der Waals surface area contributed by atoms with Crippen LogP contribution in [0.1, 0.15) is 10.5 Å². The number of anilines is 2. The fraction of sp³-hybridized carbons (Fsp3) is 0.125. The molecule has 2 heterocycles. The van der Waals surface area contributed by atoms with Gasteiger partial charge in [0, 0.05) is 0 Å². The number of aliphatic hydroxyl groups excluding tert-OH is 1. The first-order valence-electron chi connectivity index (χ1n) is 4.93. The van der Waals surface area contributed by atoms with Crippen LogP contribution in [0.3, 0.4) is 0 Å². The topological polar surface area (TPSA) is 164 Å². The SMILES string of the molecule is Nc1nc(N)c(C(=O)NC2=NC(O)=NCN2)nc1Cl. The molecule has 100 valence electrons. The summed E-state index contributed by atoms with van der Waals surface area (Å²) in [5.74, 6) is -0.943. The molecule has 10 nitrogen and oxygen atoms in total. The Morgan fingerprint density at radius 3 is 2.79 bits per heavy atom. The van der Waals surface area contributed by atoms with E-state index in [0.717, 1.165) is 0 Å². The van der Waals surface area contributed by atoms with Crippen molar-refractivity contribution in [3.05, 3.63) is 10.8 Å². The fourth-order valence-corrected chi connectivity index (χ4v) is 1.33. The normalized spacial score (nSPS) is 14.2.